The Hall–Kier alpha value is -3.94. The highest BCUT2D eigenvalue weighted by molar-refractivity contribution is 7.98. The van der Waals surface area contributed by atoms with E-state index in [1.54, 1.807) is 28.8 Å². The van der Waals surface area contributed by atoms with Gasteiger partial charge in [-0.3, -0.25) is 9.59 Å². The molecule has 1 aliphatic rings. The molecule has 1 saturated heterocycles. The highest BCUT2D eigenvalue weighted by Crippen LogP contribution is 2.49. The van der Waals surface area contributed by atoms with Crippen LogP contribution in [0.15, 0.2) is 102 Å². The number of benzene rings is 4. The van der Waals surface area contributed by atoms with Gasteiger partial charge in [0.2, 0.25) is 5.91 Å². The van der Waals surface area contributed by atoms with Crippen LogP contribution in [0.3, 0.4) is 0 Å². The Morgan fingerprint density at radius 1 is 0.975 bits per heavy atom. The average molecular weight is 556 g/mol. The van der Waals surface area contributed by atoms with Crippen molar-refractivity contribution in [3.8, 4) is 16.9 Å². The fourth-order valence-electron chi connectivity index (χ4n) is 5.26. The standard InChI is InChI=1S/C33H30FNO4S/c1-21(36)39-31-20-24(23-7-6-10-27(19-23)40-2)13-16-28(31)32-29(33(38)35(32)26-8-4-3-5-9-26)17-18-30(37)22-11-14-25(34)15-12-22/h3-16,19-20,29-30,32,37H,17-18H2,1-2H3/t29-,30+,32-/m1/s1. The summed E-state index contributed by atoms with van der Waals surface area (Å²) in [5, 5.41) is 10.8. The second kappa shape index (κ2) is 12.1. The summed E-state index contributed by atoms with van der Waals surface area (Å²) >= 11 is 1.65. The van der Waals surface area contributed by atoms with Gasteiger partial charge in [-0.1, -0.05) is 54.6 Å². The van der Waals surface area contributed by atoms with Gasteiger partial charge in [-0.15, -0.1) is 11.8 Å². The van der Waals surface area contributed by atoms with E-state index in [2.05, 4.69) is 6.07 Å². The van der Waals surface area contributed by atoms with Crippen molar-refractivity contribution < 1.29 is 23.8 Å². The Balaban J connectivity index is 1.50. The first-order valence-corrected chi connectivity index (χ1v) is 14.4. The zero-order valence-corrected chi connectivity index (χ0v) is 23.1. The third-order valence-electron chi connectivity index (χ3n) is 7.24. The lowest BCUT2D eigenvalue weighted by Gasteiger charge is -2.48. The van der Waals surface area contributed by atoms with E-state index >= 15 is 0 Å². The molecular weight excluding hydrogens is 525 g/mol. The highest BCUT2D eigenvalue weighted by Gasteiger charge is 2.49. The van der Waals surface area contributed by atoms with E-state index in [-0.39, 0.29) is 11.7 Å². The maximum Gasteiger partial charge on any atom is 0.308 e. The minimum atomic E-state index is -0.834. The van der Waals surface area contributed by atoms with Crippen molar-refractivity contribution in [3.05, 3.63) is 114 Å². The molecule has 0 bridgehead atoms. The van der Waals surface area contributed by atoms with Crippen molar-refractivity contribution in [2.75, 3.05) is 11.2 Å². The number of rotatable bonds is 9. The lowest BCUT2D eigenvalue weighted by molar-refractivity contribution is -0.132. The summed E-state index contributed by atoms with van der Waals surface area (Å²) in [7, 11) is 0. The van der Waals surface area contributed by atoms with Gasteiger partial charge in [-0.05, 0) is 78.3 Å². The number of hydrogen-bond acceptors (Lipinski definition) is 5. The number of esters is 1. The highest BCUT2D eigenvalue weighted by atomic mass is 32.2. The van der Waals surface area contributed by atoms with Crippen LogP contribution < -0.4 is 9.64 Å². The van der Waals surface area contributed by atoms with Crippen LogP contribution in [0.4, 0.5) is 10.1 Å². The molecule has 40 heavy (non-hydrogen) atoms. The first kappa shape index (κ1) is 27.6. The van der Waals surface area contributed by atoms with E-state index in [1.807, 2.05) is 73.0 Å². The topological polar surface area (TPSA) is 66.8 Å². The Morgan fingerprint density at radius 3 is 2.40 bits per heavy atom. The number of halogens is 1. The van der Waals surface area contributed by atoms with E-state index < -0.39 is 24.0 Å². The van der Waals surface area contributed by atoms with Crippen LogP contribution in [0, 0.1) is 11.7 Å². The van der Waals surface area contributed by atoms with E-state index in [4.69, 9.17) is 4.74 Å². The van der Waals surface area contributed by atoms with Gasteiger partial charge in [0.25, 0.3) is 0 Å². The van der Waals surface area contributed by atoms with Gasteiger partial charge in [0.15, 0.2) is 0 Å². The molecule has 5 nitrogen and oxygen atoms in total. The molecular formula is C33H30FNO4S. The quantitative estimate of drug-likeness (QED) is 0.101. The van der Waals surface area contributed by atoms with Crippen molar-refractivity contribution in [2.45, 2.75) is 36.8 Å². The second-order valence-corrected chi connectivity index (χ2v) is 10.7. The molecule has 0 unspecified atom stereocenters. The maximum absolute atomic E-state index is 13.5. The Labute approximate surface area is 237 Å². The van der Waals surface area contributed by atoms with Crippen LogP contribution in [-0.2, 0) is 9.59 Å². The van der Waals surface area contributed by atoms with E-state index in [0.29, 0.717) is 24.2 Å². The fourth-order valence-corrected chi connectivity index (χ4v) is 5.71. The van der Waals surface area contributed by atoms with Gasteiger partial charge in [-0.2, -0.15) is 0 Å². The predicted octanol–water partition coefficient (Wildman–Crippen LogP) is 7.36. The third-order valence-corrected chi connectivity index (χ3v) is 7.97. The van der Waals surface area contributed by atoms with Gasteiger partial charge < -0.3 is 14.7 Å². The van der Waals surface area contributed by atoms with Crippen LogP contribution >= 0.6 is 11.8 Å². The molecule has 4 aromatic carbocycles. The van der Waals surface area contributed by atoms with Gasteiger partial charge in [0.05, 0.1) is 18.1 Å². The summed E-state index contributed by atoms with van der Waals surface area (Å²) in [5.74, 6) is -0.910. The van der Waals surface area contributed by atoms with Crippen LogP contribution in [0.5, 0.6) is 5.75 Å². The molecule has 7 heteroatoms. The minimum absolute atomic E-state index is 0.0620. The molecule has 1 amide bonds. The van der Waals surface area contributed by atoms with Gasteiger partial charge in [0, 0.05) is 23.1 Å². The smallest absolute Gasteiger partial charge is 0.308 e. The lowest BCUT2D eigenvalue weighted by atomic mass is 9.77. The van der Waals surface area contributed by atoms with Crippen molar-refractivity contribution >= 4 is 29.3 Å². The molecule has 204 valence electrons. The molecule has 1 aliphatic heterocycles. The number of ether oxygens (including phenoxy) is 1. The Kier molecular flexibility index (Phi) is 8.33. The molecule has 4 aromatic rings. The predicted molar refractivity (Wildman–Crippen MR) is 156 cm³/mol. The number of para-hydroxylation sites is 1. The molecule has 0 radical (unpaired) electrons. The molecule has 1 N–H and O–H groups in total. The van der Waals surface area contributed by atoms with Gasteiger partial charge in [-0.25, -0.2) is 4.39 Å². The summed E-state index contributed by atoms with van der Waals surface area (Å²) in [4.78, 5) is 28.5. The van der Waals surface area contributed by atoms with Crippen molar-refractivity contribution in [3.63, 3.8) is 0 Å². The van der Waals surface area contributed by atoms with Gasteiger partial charge >= 0.3 is 5.97 Å². The van der Waals surface area contributed by atoms with E-state index in [0.717, 1.165) is 27.3 Å². The van der Waals surface area contributed by atoms with E-state index in [1.165, 1.54) is 19.1 Å². The zero-order chi connectivity index (χ0) is 28.2. The molecule has 0 saturated carbocycles. The third kappa shape index (κ3) is 5.81. The summed E-state index contributed by atoms with van der Waals surface area (Å²) in [6.45, 7) is 1.36. The molecule has 0 aliphatic carbocycles. The lowest BCUT2D eigenvalue weighted by Crippen LogP contribution is -2.55. The number of anilines is 1. The van der Waals surface area contributed by atoms with Crippen molar-refractivity contribution in [2.24, 2.45) is 5.92 Å². The number of β-lactam (4-membered cyclic amide) rings is 1. The molecule has 3 atom stereocenters. The van der Waals surface area contributed by atoms with Gasteiger partial charge in [0.1, 0.15) is 11.6 Å². The van der Waals surface area contributed by atoms with Crippen molar-refractivity contribution in [1.82, 2.24) is 0 Å². The average Bonchev–Trinajstić information content (AvgIpc) is 2.96. The number of thioether (sulfide) groups is 1. The normalized spacial score (nSPS) is 17.3. The summed E-state index contributed by atoms with van der Waals surface area (Å²) in [6.07, 6.45) is 1.91. The second-order valence-electron chi connectivity index (χ2n) is 9.82. The number of aliphatic hydroxyl groups excluding tert-OH is 1. The molecule has 5 rings (SSSR count). The number of carbonyl (C=O) groups is 2. The first-order chi connectivity index (χ1) is 19.4. The molecule has 1 fully saturated rings. The molecule has 0 aromatic heterocycles. The SMILES string of the molecule is CSc1cccc(-c2ccc([C@@H]3[C@@H](CC[C@H](O)c4ccc(F)cc4)C(=O)N3c3ccccc3)c(OC(C)=O)c2)c1. The van der Waals surface area contributed by atoms with Crippen LogP contribution in [0.25, 0.3) is 11.1 Å². The number of aliphatic hydroxyl groups is 1. The monoisotopic (exact) mass is 555 g/mol. The Bertz CT molecular complexity index is 1510. The number of nitrogens with zero attached hydrogens (tertiary/aromatic N) is 1. The summed E-state index contributed by atoms with van der Waals surface area (Å²) in [5.41, 5.74) is 3.97. The van der Waals surface area contributed by atoms with E-state index in [9.17, 15) is 19.1 Å². The minimum Gasteiger partial charge on any atom is -0.426 e. The number of carbonyl (C=O) groups excluding carboxylic acids is 2. The van der Waals surface area contributed by atoms with Crippen molar-refractivity contribution in [1.29, 1.82) is 0 Å². The Morgan fingerprint density at radius 2 is 1.70 bits per heavy atom. The zero-order valence-electron chi connectivity index (χ0n) is 22.3. The molecule has 0 spiro atoms. The van der Waals surface area contributed by atoms with Crippen LogP contribution in [0.1, 0.15) is 43.0 Å². The number of hydrogen-bond donors (Lipinski definition) is 1. The van der Waals surface area contributed by atoms with Crippen LogP contribution in [0.2, 0.25) is 0 Å². The first-order valence-electron chi connectivity index (χ1n) is 13.1. The van der Waals surface area contributed by atoms with Crippen LogP contribution in [-0.4, -0.2) is 23.2 Å². The largest absolute Gasteiger partial charge is 0.426 e. The summed E-state index contributed by atoms with van der Waals surface area (Å²) < 4.78 is 19.1. The summed E-state index contributed by atoms with van der Waals surface area (Å²) in [6, 6.07) is 28.6. The molecule has 1 heterocycles. The number of amides is 1. The maximum atomic E-state index is 13.5. The fraction of sp³-hybridized carbons (Fsp3) is 0.212.